The van der Waals surface area contributed by atoms with Crippen molar-refractivity contribution in [1.29, 1.82) is 0 Å². The molecule has 2 heterocycles. The van der Waals surface area contributed by atoms with E-state index in [-0.39, 0.29) is 5.91 Å². The second-order valence-electron chi connectivity index (χ2n) is 3.59. The second kappa shape index (κ2) is 3.76. The summed E-state index contributed by atoms with van der Waals surface area (Å²) in [5.74, 6) is -1.43. The number of aliphatic carboxylic acids is 1. The first-order valence-electron chi connectivity index (χ1n) is 4.73. The molecule has 0 radical (unpaired) electrons. The third-order valence-electron chi connectivity index (χ3n) is 2.59. The third kappa shape index (κ3) is 1.86. The number of carboxylic acids is 1. The molecule has 5 nitrogen and oxygen atoms in total. The summed E-state index contributed by atoms with van der Waals surface area (Å²) in [6, 6.07) is 1.58. The lowest BCUT2D eigenvalue weighted by molar-refractivity contribution is -0.141. The molecule has 1 aliphatic rings. The van der Waals surface area contributed by atoms with E-state index in [4.69, 9.17) is 9.52 Å². The van der Waals surface area contributed by atoms with Gasteiger partial charge in [0.1, 0.15) is 6.26 Å². The summed E-state index contributed by atoms with van der Waals surface area (Å²) in [6.45, 7) is 0.792. The number of hydrogen-bond donors (Lipinski definition) is 1. The zero-order valence-electron chi connectivity index (χ0n) is 8.05. The van der Waals surface area contributed by atoms with E-state index in [1.54, 1.807) is 11.0 Å². The van der Waals surface area contributed by atoms with E-state index >= 15 is 0 Å². The number of amides is 1. The second-order valence-corrected chi connectivity index (χ2v) is 3.59. The Balaban J connectivity index is 2.02. The highest BCUT2D eigenvalue weighted by Gasteiger charge is 2.31. The molecule has 0 aliphatic carbocycles. The van der Waals surface area contributed by atoms with Crippen molar-refractivity contribution >= 4 is 11.9 Å². The molecule has 1 N–H and O–H groups in total. The van der Waals surface area contributed by atoms with E-state index < -0.39 is 11.9 Å². The fourth-order valence-corrected chi connectivity index (χ4v) is 1.72. The van der Waals surface area contributed by atoms with Crippen molar-refractivity contribution in [3.8, 4) is 0 Å². The van der Waals surface area contributed by atoms with E-state index in [1.807, 2.05) is 0 Å². The molecule has 1 aromatic rings. The van der Waals surface area contributed by atoms with Crippen molar-refractivity contribution in [2.75, 3.05) is 13.1 Å². The molecule has 1 aliphatic heterocycles. The minimum Gasteiger partial charge on any atom is -0.481 e. The molecule has 0 bridgehead atoms. The van der Waals surface area contributed by atoms with Crippen LogP contribution in [0.25, 0.3) is 0 Å². The first kappa shape index (κ1) is 9.76. The van der Waals surface area contributed by atoms with Crippen molar-refractivity contribution in [2.45, 2.75) is 6.42 Å². The van der Waals surface area contributed by atoms with Gasteiger partial charge < -0.3 is 14.4 Å². The van der Waals surface area contributed by atoms with Crippen molar-refractivity contribution in [3.63, 3.8) is 0 Å². The van der Waals surface area contributed by atoms with Crippen LogP contribution in [0.2, 0.25) is 0 Å². The van der Waals surface area contributed by atoms with Gasteiger partial charge in [-0.3, -0.25) is 9.59 Å². The lowest BCUT2D eigenvalue weighted by Crippen LogP contribution is -2.29. The van der Waals surface area contributed by atoms with Crippen molar-refractivity contribution < 1.29 is 19.1 Å². The van der Waals surface area contributed by atoms with Crippen LogP contribution in [-0.2, 0) is 4.79 Å². The van der Waals surface area contributed by atoms with Crippen LogP contribution >= 0.6 is 0 Å². The number of hydrogen-bond acceptors (Lipinski definition) is 3. The monoisotopic (exact) mass is 209 g/mol. The molecule has 0 spiro atoms. The lowest BCUT2D eigenvalue weighted by atomic mass is 10.1. The molecular weight excluding hydrogens is 198 g/mol. The standard InChI is InChI=1S/C10H11NO4/c12-9(8-2-4-15-6-8)11-3-1-7(5-11)10(13)14/h2,4,6-7H,1,3,5H2,(H,13,14). The van der Waals surface area contributed by atoms with E-state index in [2.05, 4.69) is 0 Å². The van der Waals surface area contributed by atoms with E-state index in [1.165, 1.54) is 12.5 Å². The molecular formula is C10H11NO4. The average molecular weight is 209 g/mol. The highest BCUT2D eigenvalue weighted by Crippen LogP contribution is 2.18. The van der Waals surface area contributed by atoms with E-state index in [0.29, 0.717) is 25.1 Å². The lowest BCUT2D eigenvalue weighted by Gasteiger charge is -2.13. The Morgan fingerprint density at radius 2 is 2.33 bits per heavy atom. The topological polar surface area (TPSA) is 70.8 Å². The van der Waals surface area contributed by atoms with Gasteiger partial charge >= 0.3 is 5.97 Å². The van der Waals surface area contributed by atoms with Gasteiger partial charge in [0.2, 0.25) is 0 Å². The normalized spacial score (nSPS) is 20.5. The first-order valence-corrected chi connectivity index (χ1v) is 4.73. The minimum atomic E-state index is -0.836. The quantitative estimate of drug-likeness (QED) is 0.783. The van der Waals surface area contributed by atoms with Gasteiger partial charge in [0.05, 0.1) is 17.7 Å². The highest BCUT2D eigenvalue weighted by atomic mass is 16.4. The molecule has 0 aromatic carbocycles. The van der Waals surface area contributed by atoms with Crippen LogP contribution in [-0.4, -0.2) is 35.0 Å². The Morgan fingerprint density at radius 3 is 2.87 bits per heavy atom. The summed E-state index contributed by atoms with van der Waals surface area (Å²) in [7, 11) is 0. The maximum absolute atomic E-state index is 11.7. The maximum Gasteiger partial charge on any atom is 0.308 e. The Morgan fingerprint density at radius 1 is 1.53 bits per heavy atom. The van der Waals surface area contributed by atoms with Crippen molar-refractivity contribution in [1.82, 2.24) is 4.90 Å². The summed E-state index contributed by atoms with van der Waals surface area (Å²) in [5, 5.41) is 8.79. The van der Waals surface area contributed by atoms with Gasteiger partial charge in [-0.1, -0.05) is 0 Å². The van der Waals surface area contributed by atoms with Crippen LogP contribution in [0.3, 0.4) is 0 Å². The third-order valence-corrected chi connectivity index (χ3v) is 2.59. The first-order chi connectivity index (χ1) is 7.18. The van der Waals surface area contributed by atoms with Crippen LogP contribution in [0.15, 0.2) is 23.0 Å². The van der Waals surface area contributed by atoms with Gasteiger partial charge in [-0.05, 0) is 12.5 Å². The van der Waals surface area contributed by atoms with Gasteiger partial charge in [-0.25, -0.2) is 0 Å². The van der Waals surface area contributed by atoms with Crippen LogP contribution in [0.1, 0.15) is 16.8 Å². The average Bonchev–Trinajstić information content (AvgIpc) is 2.88. The fourth-order valence-electron chi connectivity index (χ4n) is 1.72. The Kier molecular flexibility index (Phi) is 2.45. The number of carbonyl (C=O) groups excluding carboxylic acids is 1. The number of furan rings is 1. The molecule has 5 heteroatoms. The summed E-state index contributed by atoms with van der Waals surface area (Å²) in [5.41, 5.74) is 0.473. The highest BCUT2D eigenvalue weighted by molar-refractivity contribution is 5.94. The van der Waals surface area contributed by atoms with Gasteiger partial charge in [0.15, 0.2) is 0 Å². The number of likely N-dealkylation sites (tertiary alicyclic amines) is 1. The smallest absolute Gasteiger partial charge is 0.308 e. The largest absolute Gasteiger partial charge is 0.481 e. The predicted molar refractivity (Wildman–Crippen MR) is 50.4 cm³/mol. The number of carboxylic acid groups (broad SMARTS) is 1. The van der Waals surface area contributed by atoms with Gasteiger partial charge in [0, 0.05) is 13.1 Å². The summed E-state index contributed by atoms with van der Waals surface area (Å²) >= 11 is 0. The zero-order valence-corrected chi connectivity index (χ0v) is 8.05. The molecule has 1 amide bonds. The Labute approximate surface area is 86.3 Å². The molecule has 1 fully saturated rings. The van der Waals surface area contributed by atoms with E-state index in [9.17, 15) is 9.59 Å². The van der Waals surface area contributed by atoms with Gasteiger partial charge in [-0.15, -0.1) is 0 Å². The molecule has 0 saturated carbocycles. The SMILES string of the molecule is O=C(O)C1CCN(C(=O)c2ccoc2)C1. The fraction of sp³-hybridized carbons (Fsp3) is 0.400. The molecule has 1 unspecified atom stereocenters. The minimum absolute atomic E-state index is 0.160. The number of carbonyl (C=O) groups is 2. The van der Waals surface area contributed by atoms with Crippen LogP contribution in [0, 0.1) is 5.92 Å². The van der Waals surface area contributed by atoms with Gasteiger partial charge in [0.25, 0.3) is 5.91 Å². The Bertz CT molecular complexity index is 371. The number of nitrogens with zero attached hydrogens (tertiary/aromatic N) is 1. The van der Waals surface area contributed by atoms with Crippen molar-refractivity contribution in [3.05, 3.63) is 24.2 Å². The molecule has 15 heavy (non-hydrogen) atoms. The molecule has 1 saturated heterocycles. The summed E-state index contributed by atoms with van der Waals surface area (Å²) in [4.78, 5) is 24.0. The molecule has 2 rings (SSSR count). The molecule has 80 valence electrons. The van der Waals surface area contributed by atoms with Crippen molar-refractivity contribution in [2.24, 2.45) is 5.92 Å². The van der Waals surface area contributed by atoms with Crippen LogP contribution in [0.5, 0.6) is 0 Å². The van der Waals surface area contributed by atoms with Crippen LogP contribution in [0.4, 0.5) is 0 Å². The predicted octanol–water partition coefficient (Wildman–Crippen LogP) is 0.826. The zero-order chi connectivity index (χ0) is 10.8. The molecule has 1 aromatic heterocycles. The van der Waals surface area contributed by atoms with E-state index in [0.717, 1.165) is 0 Å². The summed E-state index contributed by atoms with van der Waals surface area (Å²) < 4.78 is 4.81. The van der Waals surface area contributed by atoms with Crippen LogP contribution < -0.4 is 0 Å². The Hall–Kier alpha value is -1.78. The maximum atomic E-state index is 11.7. The molecule has 1 atom stereocenters. The van der Waals surface area contributed by atoms with Gasteiger partial charge in [-0.2, -0.15) is 0 Å². The summed E-state index contributed by atoms with van der Waals surface area (Å²) in [6.07, 6.45) is 3.33. The number of rotatable bonds is 2.